The van der Waals surface area contributed by atoms with E-state index in [4.69, 9.17) is 0 Å². The van der Waals surface area contributed by atoms with E-state index in [1.807, 2.05) is 0 Å². The number of sulfonamides is 1. The molecule has 178 valence electrons. The summed E-state index contributed by atoms with van der Waals surface area (Å²) in [5.74, 6) is -1.72. The Labute approximate surface area is 197 Å². The predicted molar refractivity (Wildman–Crippen MR) is 125 cm³/mol. The average Bonchev–Trinajstić information content (AvgIpc) is 2.83. The molecule has 2 aromatic carbocycles. The lowest BCUT2D eigenvalue weighted by Gasteiger charge is -2.29. The Morgan fingerprint density at radius 1 is 1.06 bits per heavy atom. The number of pyridine rings is 1. The van der Waals surface area contributed by atoms with E-state index < -0.39 is 27.6 Å². The fraction of sp³-hybridized carbons (Fsp3) is 0.280. The second-order valence-corrected chi connectivity index (χ2v) is 10.4. The molecule has 4 rings (SSSR count). The average molecular weight is 486 g/mol. The van der Waals surface area contributed by atoms with Gasteiger partial charge in [-0.25, -0.2) is 17.2 Å². The molecule has 1 amide bonds. The molecular weight excluding hydrogens is 460 g/mol. The summed E-state index contributed by atoms with van der Waals surface area (Å²) in [5, 5.41) is 0. The number of hydrogen-bond acceptors (Lipinski definition) is 4. The lowest BCUT2D eigenvalue weighted by molar-refractivity contribution is 0.0983. The van der Waals surface area contributed by atoms with Gasteiger partial charge in [0.2, 0.25) is 10.0 Å². The maximum atomic E-state index is 14.6. The third-order valence-corrected chi connectivity index (χ3v) is 7.89. The number of rotatable bonds is 6. The molecule has 0 radical (unpaired) electrons. The highest BCUT2D eigenvalue weighted by Gasteiger charge is 2.29. The molecule has 2 heterocycles. The van der Waals surface area contributed by atoms with Crippen LogP contribution < -0.4 is 4.90 Å². The molecule has 0 unspecified atom stereocenters. The number of halogens is 2. The number of aromatic nitrogens is 1. The first-order valence-corrected chi connectivity index (χ1v) is 12.5. The zero-order valence-electron chi connectivity index (χ0n) is 18.7. The molecule has 34 heavy (non-hydrogen) atoms. The molecule has 1 aliphatic heterocycles. The molecule has 1 aliphatic rings. The third-order valence-electron chi connectivity index (χ3n) is 5.97. The number of benzene rings is 2. The first kappa shape index (κ1) is 24.0. The van der Waals surface area contributed by atoms with Gasteiger partial charge in [0.05, 0.1) is 22.8 Å². The van der Waals surface area contributed by atoms with E-state index >= 15 is 0 Å². The van der Waals surface area contributed by atoms with Gasteiger partial charge in [0.15, 0.2) is 0 Å². The maximum absolute atomic E-state index is 14.6. The second-order valence-electron chi connectivity index (χ2n) is 8.42. The molecule has 0 spiro atoms. The predicted octanol–water partition coefficient (Wildman–Crippen LogP) is 4.63. The summed E-state index contributed by atoms with van der Waals surface area (Å²) in [6, 6.07) is 13.7. The normalized spacial score (nSPS) is 15.3. The van der Waals surface area contributed by atoms with Crippen molar-refractivity contribution in [3.8, 4) is 0 Å². The number of nitrogens with zero attached hydrogens (tertiary/aromatic N) is 3. The van der Waals surface area contributed by atoms with Crippen molar-refractivity contribution in [2.45, 2.75) is 31.2 Å². The molecular formula is C25H25F2N3O3S. The summed E-state index contributed by atoms with van der Waals surface area (Å²) in [5.41, 5.74) is 0.583. The van der Waals surface area contributed by atoms with Gasteiger partial charge in [-0.3, -0.25) is 14.7 Å². The van der Waals surface area contributed by atoms with Gasteiger partial charge >= 0.3 is 0 Å². The summed E-state index contributed by atoms with van der Waals surface area (Å²) >= 11 is 0. The van der Waals surface area contributed by atoms with Gasteiger partial charge in [0, 0.05) is 30.9 Å². The standard InChI is InChI=1S/C25H25F2N3O3S/c1-18-11-14-29(15-12-18)34(32,33)22-8-5-19(6-9-22)25(31)30(17-21-4-2-3-13-28-21)24-10-7-20(26)16-23(24)27/h2-10,13,16,18H,11-12,14-15,17H2,1H3. The smallest absolute Gasteiger partial charge is 0.258 e. The van der Waals surface area contributed by atoms with Gasteiger partial charge in [-0.2, -0.15) is 4.31 Å². The van der Waals surface area contributed by atoms with E-state index in [1.54, 1.807) is 24.4 Å². The molecule has 0 saturated carbocycles. The van der Waals surface area contributed by atoms with Crippen LogP contribution in [0.1, 0.15) is 35.8 Å². The van der Waals surface area contributed by atoms with Gasteiger partial charge in [0.25, 0.3) is 5.91 Å². The minimum atomic E-state index is -3.66. The fourth-order valence-electron chi connectivity index (χ4n) is 3.92. The number of piperidine rings is 1. The molecule has 0 N–H and O–H groups in total. The number of hydrogen-bond donors (Lipinski definition) is 0. The van der Waals surface area contributed by atoms with Crippen LogP contribution in [0.15, 0.2) is 71.8 Å². The minimum absolute atomic E-state index is 0.0474. The Morgan fingerprint density at radius 2 is 1.76 bits per heavy atom. The van der Waals surface area contributed by atoms with Crippen LogP contribution in [-0.4, -0.2) is 36.7 Å². The highest BCUT2D eigenvalue weighted by Crippen LogP contribution is 2.26. The summed E-state index contributed by atoms with van der Waals surface area (Å²) in [4.78, 5) is 18.8. The van der Waals surface area contributed by atoms with Gasteiger partial charge in [0.1, 0.15) is 11.6 Å². The van der Waals surface area contributed by atoms with Crippen LogP contribution in [0.2, 0.25) is 0 Å². The van der Waals surface area contributed by atoms with Crippen LogP contribution in [0.25, 0.3) is 0 Å². The quantitative estimate of drug-likeness (QED) is 0.511. The van der Waals surface area contributed by atoms with Gasteiger partial charge in [-0.1, -0.05) is 13.0 Å². The Balaban J connectivity index is 1.62. The molecule has 0 bridgehead atoms. The zero-order chi connectivity index (χ0) is 24.3. The van der Waals surface area contributed by atoms with Crippen molar-refractivity contribution in [3.63, 3.8) is 0 Å². The molecule has 1 fully saturated rings. The van der Waals surface area contributed by atoms with Crippen molar-refractivity contribution in [2.24, 2.45) is 5.92 Å². The van der Waals surface area contributed by atoms with Crippen LogP contribution >= 0.6 is 0 Å². The topological polar surface area (TPSA) is 70.6 Å². The van der Waals surface area contributed by atoms with Crippen molar-refractivity contribution in [3.05, 3.63) is 89.8 Å². The van der Waals surface area contributed by atoms with Crippen LogP contribution in [0.5, 0.6) is 0 Å². The van der Waals surface area contributed by atoms with Crippen molar-refractivity contribution >= 4 is 21.6 Å². The van der Waals surface area contributed by atoms with E-state index in [9.17, 15) is 22.0 Å². The van der Waals surface area contributed by atoms with E-state index in [2.05, 4.69) is 11.9 Å². The molecule has 6 nitrogen and oxygen atoms in total. The van der Waals surface area contributed by atoms with E-state index in [1.165, 1.54) is 34.6 Å². The molecule has 0 atom stereocenters. The van der Waals surface area contributed by atoms with Crippen LogP contribution in [0.3, 0.4) is 0 Å². The monoisotopic (exact) mass is 485 g/mol. The third kappa shape index (κ3) is 5.15. The Morgan fingerprint density at radius 3 is 2.38 bits per heavy atom. The number of carbonyl (C=O) groups excluding carboxylic acids is 1. The van der Waals surface area contributed by atoms with Crippen molar-refractivity contribution in [2.75, 3.05) is 18.0 Å². The Kier molecular flexibility index (Phi) is 7.04. The molecule has 0 aliphatic carbocycles. The molecule has 1 saturated heterocycles. The van der Waals surface area contributed by atoms with Crippen LogP contribution in [0, 0.1) is 17.6 Å². The number of anilines is 1. The Hall–Kier alpha value is -3.17. The summed E-state index contributed by atoms with van der Waals surface area (Å²) < 4.78 is 55.5. The van der Waals surface area contributed by atoms with Crippen LogP contribution in [-0.2, 0) is 16.6 Å². The maximum Gasteiger partial charge on any atom is 0.258 e. The van der Waals surface area contributed by atoms with Gasteiger partial charge in [-0.05, 0) is 67.3 Å². The zero-order valence-corrected chi connectivity index (χ0v) is 19.5. The Bertz CT molecular complexity index is 1260. The summed E-state index contributed by atoms with van der Waals surface area (Å²) in [7, 11) is -3.66. The van der Waals surface area contributed by atoms with Gasteiger partial charge < -0.3 is 0 Å². The lowest BCUT2D eigenvalue weighted by Crippen LogP contribution is -2.37. The van der Waals surface area contributed by atoms with Crippen molar-refractivity contribution in [1.29, 1.82) is 0 Å². The molecule has 9 heteroatoms. The van der Waals surface area contributed by atoms with Crippen LogP contribution in [0.4, 0.5) is 14.5 Å². The second kappa shape index (κ2) is 9.99. The summed E-state index contributed by atoms with van der Waals surface area (Å²) in [6.07, 6.45) is 3.17. The van der Waals surface area contributed by atoms with E-state index in [0.717, 1.165) is 23.8 Å². The largest absolute Gasteiger partial charge is 0.299 e. The van der Waals surface area contributed by atoms with Gasteiger partial charge in [-0.15, -0.1) is 0 Å². The van der Waals surface area contributed by atoms with E-state index in [-0.39, 0.29) is 22.7 Å². The van der Waals surface area contributed by atoms with Crippen molar-refractivity contribution in [1.82, 2.24) is 9.29 Å². The highest BCUT2D eigenvalue weighted by atomic mass is 32.2. The summed E-state index contributed by atoms with van der Waals surface area (Å²) in [6.45, 7) is 2.98. The molecule has 1 aromatic heterocycles. The fourth-order valence-corrected chi connectivity index (χ4v) is 5.39. The highest BCUT2D eigenvalue weighted by molar-refractivity contribution is 7.89. The minimum Gasteiger partial charge on any atom is -0.299 e. The number of carbonyl (C=O) groups is 1. The van der Waals surface area contributed by atoms with E-state index in [0.29, 0.717) is 30.8 Å². The lowest BCUT2D eigenvalue weighted by atomic mass is 10.0. The first-order valence-electron chi connectivity index (χ1n) is 11.0. The molecule has 3 aromatic rings. The van der Waals surface area contributed by atoms with Crippen molar-refractivity contribution < 1.29 is 22.0 Å². The SMILES string of the molecule is CC1CCN(S(=O)(=O)c2ccc(C(=O)N(Cc3ccccn3)c3ccc(F)cc3F)cc2)CC1. The first-order chi connectivity index (χ1) is 16.3. The number of amides is 1.